The minimum Gasteiger partial charge on any atom is -0.488 e. The molecule has 2 aliphatic rings. The Bertz CT molecular complexity index is 1140. The highest BCUT2D eigenvalue weighted by Gasteiger charge is 2.23. The summed E-state index contributed by atoms with van der Waals surface area (Å²) in [4.78, 5) is 7.25. The number of ether oxygens (including phenoxy) is 1. The molecule has 2 aliphatic heterocycles. The van der Waals surface area contributed by atoms with Crippen molar-refractivity contribution < 1.29 is 9.84 Å². The van der Waals surface area contributed by atoms with Crippen molar-refractivity contribution in [3.8, 4) is 17.0 Å². The number of aryl methyl sites for hydroxylation is 1. The molecule has 33 heavy (non-hydrogen) atoms. The van der Waals surface area contributed by atoms with Crippen LogP contribution in [0, 0.1) is 19.8 Å². The third-order valence-electron chi connectivity index (χ3n) is 7.14. The fourth-order valence-corrected chi connectivity index (χ4v) is 5.10. The van der Waals surface area contributed by atoms with Crippen molar-refractivity contribution in [1.82, 2.24) is 10.3 Å². The Morgan fingerprint density at radius 3 is 2.85 bits per heavy atom. The van der Waals surface area contributed by atoms with Gasteiger partial charge in [0.1, 0.15) is 18.2 Å². The van der Waals surface area contributed by atoms with Crippen LogP contribution in [0.5, 0.6) is 5.75 Å². The lowest BCUT2D eigenvalue weighted by atomic mass is 9.93. The molecule has 2 N–H and O–H groups in total. The Morgan fingerprint density at radius 2 is 2.00 bits per heavy atom. The van der Waals surface area contributed by atoms with Crippen LogP contribution < -0.4 is 15.0 Å². The number of nitrogens with one attached hydrogen (secondary N) is 1. The Hall–Kier alpha value is -2.89. The molecule has 1 atom stereocenters. The second kappa shape index (κ2) is 9.54. The first kappa shape index (κ1) is 21.9. The van der Waals surface area contributed by atoms with Crippen molar-refractivity contribution in [2.45, 2.75) is 39.8 Å². The number of anilines is 1. The number of hydrogen-bond acceptors (Lipinski definition) is 5. The molecule has 0 aliphatic carbocycles. The summed E-state index contributed by atoms with van der Waals surface area (Å²) in [7, 11) is 0. The first-order chi connectivity index (χ1) is 16.1. The molecule has 1 aromatic heterocycles. The molecule has 0 bridgehead atoms. The normalized spacial score (nSPS) is 17.8. The second-order valence-electron chi connectivity index (χ2n) is 9.32. The first-order valence-corrected chi connectivity index (χ1v) is 12.0. The van der Waals surface area contributed by atoms with Gasteiger partial charge in [-0.3, -0.25) is 0 Å². The van der Waals surface area contributed by atoms with Gasteiger partial charge in [-0.2, -0.15) is 0 Å². The van der Waals surface area contributed by atoms with E-state index in [0.29, 0.717) is 12.5 Å². The van der Waals surface area contributed by atoms with E-state index in [0.717, 1.165) is 67.4 Å². The highest BCUT2D eigenvalue weighted by Crippen LogP contribution is 2.34. The van der Waals surface area contributed by atoms with Crippen LogP contribution in [0.2, 0.25) is 0 Å². The average Bonchev–Trinajstić information content (AvgIpc) is 3.34. The zero-order valence-electron chi connectivity index (χ0n) is 19.6. The van der Waals surface area contributed by atoms with E-state index in [4.69, 9.17) is 9.72 Å². The van der Waals surface area contributed by atoms with Crippen LogP contribution in [0.3, 0.4) is 0 Å². The minimum atomic E-state index is 0.241. The molecule has 172 valence electrons. The SMILES string of the molecule is Cc1cccc(-c2cccc(N3CC[C@@H](CO)C3)n2)c1OCc1ccc2c(c1C)CCNC2. The van der Waals surface area contributed by atoms with E-state index in [1.165, 1.54) is 22.3 Å². The summed E-state index contributed by atoms with van der Waals surface area (Å²) in [6.07, 6.45) is 2.09. The van der Waals surface area contributed by atoms with Gasteiger partial charge in [-0.15, -0.1) is 0 Å². The zero-order valence-corrected chi connectivity index (χ0v) is 19.6. The molecular formula is C28H33N3O2. The van der Waals surface area contributed by atoms with Gasteiger partial charge in [0.15, 0.2) is 0 Å². The molecule has 0 saturated carbocycles. The van der Waals surface area contributed by atoms with Crippen LogP contribution in [0.15, 0.2) is 48.5 Å². The van der Waals surface area contributed by atoms with E-state index in [1.54, 1.807) is 0 Å². The van der Waals surface area contributed by atoms with Crippen LogP contribution in [0.1, 0.15) is 34.2 Å². The highest BCUT2D eigenvalue weighted by atomic mass is 16.5. The van der Waals surface area contributed by atoms with Crippen molar-refractivity contribution in [3.05, 3.63) is 76.3 Å². The highest BCUT2D eigenvalue weighted by molar-refractivity contribution is 5.70. The summed E-state index contributed by atoms with van der Waals surface area (Å²) < 4.78 is 6.48. The van der Waals surface area contributed by atoms with Gasteiger partial charge < -0.3 is 20.1 Å². The third kappa shape index (κ3) is 4.48. The average molecular weight is 444 g/mol. The standard InChI is InChI=1S/C28H33N3O2/c1-19-5-3-6-25(26-7-4-8-27(30-26)31-14-12-21(16-31)17-32)28(19)33-18-23-10-9-22-15-29-13-11-24(22)20(23)2/h3-10,21,29,32H,11-18H2,1-2H3/t21-/m1/s1. The lowest BCUT2D eigenvalue weighted by molar-refractivity contribution is 0.238. The summed E-state index contributed by atoms with van der Waals surface area (Å²) in [5.41, 5.74) is 8.55. The number of aliphatic hydroxyl groups is 1. The number of pyridine rings is 1. The molecule has 5 heteroatoms. The molecule has 1 saturated heterocycles. The number of rotatable bonds is 6. The van der Waals surface area contributed by atoms with Crippen molar-refractivity contribution in [3.63, 3.8) is 0 Å². The van der Waals surface area contributed by atoms with Crippen LogP contribution in [0.4, 0.5) is 5.82 Å². The lowest BCUT2D eigenvalue weighted by Crippen LogP contribution is -2.24. The fourth-order valence-electron chi connectivity index (χ4n) is 5.10. The van der Waals surface area contributed by atoms with Gasteiger partial charge in [0.25, 0.3) is 0 Å². The van der Waals surface area contributed by atoms with Crippen molar-refractivity contribution in [2.75, 3.05) is 31.1 Å². The second-order valence-corrected chi connectivity index (χ2v) is 9.32. The van der Waals surface area contributed by atoms with Gasteiger partial charge in [-0.05, 0) is 79.3 Å². The number of fused-ring (bicyclic) bond motifs is 1. The maximum absolute atomic E-state index is 9.50. The number of benzene rings is 2. The van der Waals surface area contributed by atoms with Gasteiger partial charge in [-0.25, -0.2) is 4.98 Å². The van der Waals surface area contributed by atoms with Gasteiger partial charge in [0.2, 0.25) is 0 Å². The third-order valence-corrected chi connectivity index (χ3v) is 7.14. The fraction of sp³-hybridized carbons (Fsp3) is 0.393. The molecule has 0 radical (unpaired) electrons. The molecule has 2 aromatic carbocycles. The van der Waals surface area contributed by atoms with E-state index in [1.807, 2.05) is 0 Å². The number of aromatic nitrogens is 1. The molecule has 0 amide bonds. The number of para-hydroxylation sites is 1. The van der Waals surface area contributed by atoms with Crippen LogP contribution in [0.25, 0.3) is 11.3 Å². The lowest BCUT2D eigenvalue weighted by Gasteiger charge is -2.22. The molecule has 3 aromatic rings. The van der Waals surface area contributed by atoms with E-state index in [2.05, 4.69) is 72.6 Å². The smallest absolute Gasteiger partial charge is 0.132 e. The van der Waals surface area contributed by atoms with Gasteiger partial charge in [0.05, 0.1) is 5.69 Å². The number of aliphatic hydroxyl groups excluding tert-OH is 1. The van der Waals surface area contributed by atoms with Gasteiger partial charge in [-0.1, -0.05) is 30.3 Å². The van der Waals surface area contributed by atoms with Crippen LogP contribution in [-0.2, 0) is 19.6 Å². The van der Waals surface area contributed by atoms with E-state index < -0.39 is 0 Å². The maximum atomic E-state index is 9.50. The minimum absolute atomic E-state index is 0.241. The summed E-state index contributed by atoms with van der Waals surface area (Å²) in [5, 5.41) is 13.0. The summed E-state index contributed by atoms with van der Waals surface area (Å²) >= 11 is 0. The number of hydrogen-bond donors (Lipinski definition) is 2. The van der Waals surface area contributed by atoms with Gasteiger partial charge >= 0.3 is 0 Å². The largest absolute Gasteiger partial charge is 0.488 e. The molecule has 5 rings (SSSR count). The monoisotopic (exact) mass is 443 g/mol. The molecule has 0 unspecified atom stereocenters. The quantitative estimate of drug-likeness (QED) is 0.591. The Balaban J connectivity index is 1.41. The Morgan fingerprint density at radius 1 is 1.12 bits per heavy atom. The molecule has 5 nitrogen and oxygen atoms in total. The predicted octanol–water partition coefficient (Wildman–Crippen LogP) is 4.41. The Kier molecular flexibility index (Phi) is 6.34. The van der Waals surface area contributed by atoms with Crippen LogP contribution in [-0.4, -0.2) is 36.3 Å². The summed E-state index contributed by atoms with van der Waals surface area (Å²) in [5.74, 6) is 2.20. The van der Waals surface area contributed by atoms with Gasteiger partial charge in [0, 0.05) is 37.7 Å². The zero-order chi connectivity index (χ0) is 22.8. The predicted molar refractivity (Wildman–Crippen MR) is 133 cm³/mol. The van der Waals surface area contributed by atoms with Crippen molar-refractivity contribution in [1.29, 1.82) is 0 Å². The molecular weight excluding hydrogens is 410 g/mol. The number of nitrogens with zero attached hydrogens (tertiary/aromatic N) is 2. The topological polar surface area (TPSA) is 57.6 Å². The van der Waals surface area contributed by atoms with E-state index in [9.17, 15) is 5.11 Å². The summed E-state index contributed by atoms with van der Waals surface area (Å²) in [6.45, 7) is 8.90. The first-order valence-electron chi connectivity index (χ1n) is 12.0. The molecule has 3 heterocycles. The summed E-state index contributed by atoms with van der Waals surface area (Å²) in [6, 6.07) is 16.9. The molecule has 0 spiro atoms. The molecule has 1 fully saturated rings. The Labute approximate surface area is 196 Å². The van der Waals surface area contributed by atoms with E-state index in [-0.39, 0.29) is 6.61 Å². The van der Waals surface area contributed by atoms with E-state index >= 15 is 0 Å². The van der Waals surface area contributed by atoms with Crippen molar-refractivity contribution in [2.24, 2.45) is 5.92 Å². The van der Waals surface area contributed by atoms with Crippen LogP contribution >= 0.6 is 0 Å². The van der Waals surface area contributed by atoms with Crippen molar-refractivity contribution >= 4 is 5.82 Å². The maximum Gasteiger partial charge on any atom is 0.132 e.